The molecule has 0 saturated heterocycles. The first kappa shape index (κ1) is 10.3. The van der Waals surface area contributed by atoms with Crippen LogP contribution in [-0.2, 0) is 0 Å². The highest BCUT2D eigenvalue weighted by atomic mass is 32.1. The van der Waals surface area contributed by atoms with E-state index in [9.17, 15) is 0 Å². The quantitative estimate of drug-likeness (QED) is 0.351. The third-order valence-electron chi connectivity index (χ3n) is 1.67. The van der Waals surface area contributed by atoms with Gasteiger partial charge in [-0.05, 0) is 24.0 Å². The van der Waals surface area contributed by atoms with Gasteiger partial charge in [-0.1, -0.05) is 11.2 Å². The van der Waals surface area contributed by atoms with Gasteiger partial charge in [-0.25, -0.2) is 9.97 Å². The van der Waals surface area contributed by atoms with E-state index in [0.29, 0.717) is 16.4 Å². The monoisotopic (exact) mass is 229 g/mol. The van der Waals surface area contributed by atoms with Gasteiger partial charge in [0.1, 0.15) is 5.69 Å². The van der Waals surface area contributed by atoms with Gasteiger partial charge in [0.05, 0.1) is 11.9 Å². The van der Waals surface area contributed by atoms with E-state index in [0.717, 1.165) is 0 Å². The number of pyridine rings is 1. The molecule has 1 N–H and O–H groups in total. The number of hydrogen-bond donors (Lipinski definition) is 1. The molecule has 0 aliphatic rings. The van der Waals surface area contributed by atoms with Crippen molar-refractivity contribution >= 4 is 17.6 Å². The topological polar surface area (TPSA) is 58.4 Å². The van der Waals surface area contributed by atoms with Gasteiger partial charge >= 0.3 is 0 Å². The molecule has 0 bridgehead atoms. The Morgan fingerprint density at radius 3 is 3.06 bits per heavy atom. The zero-order chi connectivity index (χ0) is 11.2. The third-order valence-corrected chi connectivity index (χ3v) is 2.45. The van der Waals surface area contributed by atoms with E-state index in [1.807, 2.05) is 18.2 Å². The molecule has 2 aromatic rings. The molecule has 2 heterocycles. The minimum absolute atomic E-state index is 0.595. The molecule has 0 amide bonds. The SMILES string of the molecule is ON=Cc1csc(C#Cc2ccccn2)n1. The van der Waals surface area contributed by atoms with E-state index in [2.05, 4.69) is 27.0 Å². The molecule has 0 aliphatic carbocycles. The molecule has 4 nitrogen and oxygen atoms in total. The Morgan fingerprint density at radius 2 is 2.31 bits per heavy atom. The zero-order valence-corrected chi connectivity index (χ0v) is 8.98. The van der Waals surface area contributed by atoms with Crippen LogP contribution < -0.4 is 0 Å². The Hall–Kier alpha value is -2.19. The molecule has 78 valence electrons. The van der Waals surface area contributed by atoms with Gasteiger partial charge in [0, 0.05) is 11.6 Å². The van der Waals surface area contributed by atoms with Crippen molar-refractivity contribution in [1.29, 1.82) is 0 Å². The highest BCUT2D eigenvalue weighted by molar-refractivity contribution is 7.10. The Morgan fingerprint density at radius 1 is 1.38 bits per heavy atom. The van der Waals surface area contributed by atoms with Crippen molar-refractivity contribution in [3.8, 4) is 11.8 Å². The molecule has 2 aromatic heterocycles. The van der Waals surface area contributed by atoms with E-state index in [1.165, 1.54) is 17.6 Å². The van der Waals surface area contributed by atoms with Crippen molar-refractivity contribution in [3.63, 3.8) is 0 Å². The number of thiazole rings is 1. The fourth-order valence-electron chi connectivity index (χ4n) is 1.02. The van der Waals surface area contributed by atoms with Crippen LogP contribution in [0, 0.1) is 11.8 Å². The predicted octanol–water partition coefficient (Wildman–Crippen LogP) is 1.75. The van der Waals surface area contributed by atoms with Crippen LogP contribution in [0.25, 0.3) is 0 Å². The maximum absolute atomic E-state index is 8.32. The Balaban J connectivity index is 2.18. The number of aromatic nitrogens is 2. The summed E-state index contributed by atoms with van der Waals surface area (Å²) in [6.07, 6.45) is 2.96. The fraction of sp³-hybridized carbons (Fsp3) is 0. The lowest BCUT2D eigenvalue weighted by molar-refractivity contribution is 0.321. The summed E-state index contributed by atoms with van der Waals surface area (Å²) >= 11 is 1.39. The summed E-state index contributed by atoms with van der Waals surface area (Å²) in [7, 11) is 0. The van der Waals surface area contributed by atoms with Crippen molar-refractivity contribution in [2.24, 2.45) is 5.16 Å². The number of oxime groups is 1. The van der Waals surface area contributed by atoms with Gasteiger partial charge in [0.25, 0.3) is 0 Å². The summed E-state index contributed by atoms with van der Waals surface area (Å²) in [6.45, 7) is 0. The van der Waals surface area contributed by atoms with Crippen LogP contribution in [0.2, 0.25) is 0 Å². The fourth-order valence-corrected chi connectivity index (χ4v) is 1.63. The van der Waals surface area contributed by atoms with Crippen LogP contribution in [0.5, 0.6) is 0 Å². The Bertz CT molecular complexity index is 551. The second kappa shape index (κ2) is 5.05. The largest absolute Gasteiger partial charge is 0.411 e. The molecule has 5 heteroatoms. The van der Waals surface area contributed by atoms with Crippen molar-refractivity contribution in [2.45, 2.75) is 0 Å². The minimum Gasteiger partial charge on any atom is -0.411 e. The highest BCUT2D eigenvalue weighted by Crippen LogP contribution is 2.06. The summed E-state index contributed by atoms with van der Waals surface area (Å²) in [6, 6.07) is 5.55. The Kier molecular flexibility index (Phi) is 3.26. The summed E-state index contributed by atoms with van der Waals surface area (Å²) < 4.78 is 0. The van der Waals surface area contributed by atoms with Crippen LogP contribution in [0.4, 0.5) is 0 Å². The second-order valence-corrected chi connectivity index (χ2v) is 3.65. The third kappa shape index (κ3) is 2.65. The van der Waals surface area contributed by atoms with Gasteiger partial charge in [-0.3, -0.25) is 0 Å². The van der Waals surface area contributed by atoms with Crippen LogP contribution in [-0.4, -0.2) is 21.4 Å². The molecule has 0 spiro atoms. The molecule has 0 atom stereocenters. The number of hydrogen-bond acceptors (Lipinski definition) is 5. The van der Waals surface area contributed by atoms with Gasteiger partial charge in [-0.15, -0.1) is 11.3 Å². The molecule has 0 unspecified atom stereocenters. The highest BCUT2D eigenvalue weighted by Gasteiger charge is 1.95. The van der Waals surface area contributed by atoms with E-state index in [4.69, 9.17) is 5.21 Å². The molecular weight excluding hydrogens is 222 g/mol. The van der Waals surface area contributed by atoms with Crippen LogP contribution >= 0.6 is 11.3 Å². The van der Waals surface area contributed by atoms with Crippen molar-refractivity contribution < 1.29 is 5.21 Å². The molecule has 0 aromatic carbocycles. The van der Waals surface area contributed by atoms with Crippen LogP contribution in [0.1, 0.15) is 16.4 Å². The van der Waals surface area contributed by atoms with Crippen LogP contribution in [0.3, 0.4) is 0 Å². The number of rotatable bonds is 1. The van der Waals surface area contributed by atoms with Crippen molar-refractivity contribution in [1.82, 2.24) is 9.97 Å². The lowest BCUT2D eigenvalue weighted by Gasteiger charge is -1.84. The summed E-state index contributed by atoms with van der Waals surface area (Å²) in [5.41, 5.74) is 1.30. The summed E-state index contributed by atoms with van der Waals surface area (Å²) in [5, 5.41) is 13.7. The first-order chi connectivity index (χ1) is 7.88. The molecule has 0 saturated carbocycles. The average molecular weight is 229 g/mol. The lowest BCUT2D eigenvalue weighted by Crippen LogP contribution is -1.81. The van der Waals surface area contributed by atoms with Crippen molar-refractivity contribution in [2.75, 3.05) is 0 Å². The molecular formula is C11H7N3OS. The molecule has 2 rings (SSSR count). The van der Waals surface area contributed by atoms with Crippen molar-refractivity contribution in [3.05, 3.63) is 46.2 Å². The molecule has 0 aliphatic heterocycles. The summed E-state index contributed by atoms with van der Waals surface area (Å²) in [4.78, 5) is 8.20. The van der Waals surface area contributed by atoms with Gasteiger partial charge in [-0.2, -0.15) is 0 Å². The van der Waals surface area contributed by atoms with Gasteiger partial charge < -0.3 is 5.21 Å². The minimum atomic E-state index is 0.595. The first-order valence-corrected chi connectivity index (χ1v) is 5.32. The van der Waals surface area contributed by atoms with E-state index >= 15 is 0 Å². The van der Waals surface area contributed by atoms with E-state index < -0.39 is 0 Å². The zero-order valence-electron chi connectivity index (χ0n) is 8.16. The maximum atomic E-state index is 8.32. The lowest BCUT2D eigenvalue weighted by atomic mass is 10.3. The van der Waals surface area contributed by atoms with E-state index in [1.54, 1.807) is 11.6 Å². The predicted molar refractivity (Wildman–Crippen MR) is 61.7 cm³/mol. The standard InChI is InChI=1S/C11H7N3OS/c15-13-7-10-8-16-11(14-10)5-4-9-3-1-2-6-12-9/h1-3,6-8,15H. The van der Waals surface area contributed by atoms with Crippen LogP contribution in [0.15, 0.2) is 34.9 Å². The smallest absolute Gasteiger partial charge is 0.167 e. The summed E-state index contributed by atoms with van der Waals surface area (Å²) in [5.74, 6) is 5.79. The van der Waals surface area contributed by atoms with Gasteiger partial charge in [0.2, 0.25) is 0 Å². The van der Waals surface area contributed by atoms with Gasteiger partial charge in [0.15, 0.2) is 5.01 Å². The maximum Gasteiger partial charge on any atom is 0.167 e. The molecule has 0 radical (unpaired) electrons. The second-order valence-electron chi connectivity index (χ2n) is 2.79. The Labute approximate surface area is 96.3 Å². The normalized spacial score (nSPS) is 10.0. The van der Waals surface area contributed by atoms with E-state index in [-0.39, 0.29) is 0 Å². The first-order valence-electron chi connectivity index (χ1n) is 4.44. The molecule has 0 fully saturated rings. The number of nitrogens with zero attached hydrogens (tertiary/aromatic N) is 3. The molecule has 16 heavy (non-hydrogen) atoms. The average Bonchev–Trinajstić information content (AvgIpc) is 2.76.